The molecule has 0 N–H and O–H groups in total. The molecule has 0 bridgehead atoms. The summed E-state index contributed by atoms with van der Waals surface area (Å²) < 4.78 is 15.4. The predicted octanol–water partition coefficient (Wildman–Crippen LogP) is 1.32. The molecule has 1 fully saturated rings. The molecule has 6 heteroatoms. The fraction of sp³-hybridized carbons (Fsp3) is 0.750. The second-order valence-electron chi connectivity index (χ2n) is 4.41. The van der Waals surface area contributed by atoms with Gasteiger partial charge in [0, 0.05) is 13.7 Å². The number of Topliss-reactive ketones (excluding diaryl/α,β-unsaturated/α-hetero) is 1. The minimum absolute atomic E-state index is 0.0647. The summed E-state index contributed by atoms with van der Waals surface area (Å²) in [5.74, 6) is 1.30. The zero-order valence-corrected chi connectivity index (χ0v) is 10.7. The summed E-state index contributed by atoms with van der Waals surface area (Å²) in [5, 5.41) is 3.91. The maximum atomic E-state index is 11.4. The highest BCUT2D eigenvalue weighted by molar-refractivity contribution is 5.81. The number of methoxy groups -OCH3 is 1. The normalized spacial score (nSPS) is 16.8. The molecule has 1 aromatic rings. The van der Waals surface area contributed by atoms with Crippen LogP contribution in [0.4, 0.5) is 0 Å². The smallest absolute Gasteiger partial charge is 0.234 e. The Balaban J connectivity index is 1.97. The first-order chi connectivity index (χ1) is 8.74. The van der Waals surface area contributed by atoms with Crippen molar-refractivity contribution in [2.24, 2.45) is 5.92 Å². The Morgan fingerprint density at radius 3 is 2.94 bits per heavy atom. The minimum Gasteiger partial charge on any atom is -0.377 e. The van der Waals surface area contributed by atoms with Crippen LogP contribution in [0.3, 0.4) is 0 Å². The van der Waals surface area contributed by atoms with Crippen LogP contribution in [0.1, 0.15) is 37.6 Å². The van der Waals surface area contributed by atoms with Gasteiger partial charge in [-0.05, 0) is 25.7 Å². The van der Waals surface area contributed by atoms with Crippen LogP contribution in [0.2, 0.25) is 0 Å². The fourth-order valence-corrected chi connectivity index (χ4v) is 1.84. The molecular formula is C12H18N2O4. The van der Waals surface area contributed by atoms with Gasteiger partial charge < -0.3 is 14.0 Å². The van der Waals surface area contributed by atoms with Crippen LogP contribution in [0.5, 0.6) is 0 Å². The number of rotatable bonds is 8. The molecule has 0 aromatic carbocycles. The van der Waals surface area contributed by atoms with E-state index >= 15 is 0 Å². The zero-order valence-electron chi connectivity index (χ0n) is 10.7. The van der Waals surface area contributed by atoms with Gasteiger partial charge in [0.05, 0.1) is 6.42 Å². The summed E-state index contributed by atoms with van der Waals surface area (Å²) in [7, 11) is 1.48. The highest BCUT2D eigenvalue weighted by Gasteiger charge is 2.36. The van der Waals surface area contributed by atoms with Gasteiger partial charge in [-0.1, -0.05) is 5.16 Å². The van der Waals surface area contributed by atoms with E-state index in [1.54, 1.807) is 0 Å². The summed E-state index contributed by atoms with van der Waals surface area (Å²) in [6.07, 6.45) is 2.29. The second kappa shape index (κ2) is 6.06. The van der Waals surface area contributed by atoms with Crippen molar-refractivity contribution in [1.82, 2.24) is 10.1 Å². The van der Waals surface area contributed by atoms with Crippen molar-refractivity contribution in [3.8, 4) is 0 Å². The summed E-state index contributed by atoms with van der Waals surface area (Å²) in [6, 6.07) is 0. The minimum atomic E-state index is -0.0926. The maximum Gasteiger partial charge on any atom is 0.234 e. The molecule has 100 valence electrons. The molecule has 1 aliphatic carbocycles. The third kappa shape index (κ3) is 3.36. The van der Waals surface area contributed by atoms with Gasteiger partial charge in [-0.15, -0.1) is 0 Å². The molecule has 6 nitrogen and oxygen atoms in total. The van der Waals surface area contributed by atoms with E-state index in [1.165, 1.54) is 7.11 Å². The Hall–Kier alpha value is -1.27. The van der Waals surface area contributed by atoms with E-state index in [2.05, 4.69) is 10.1 Å². The Morgan fingerprint density at radius 2 is 2.33 bits per heavy atom. The van der Waals surface area contributed by atoms with Gasteiger partial charge in [0.2, 0.25) is 11.7 Å². The lowest BCUT2D eigenvalue weighted by Crippen LogP contribution is -2.11. The number of hydrogen-bond donors (Lipinski definition) is 0. The second-order valence-corrected chi connectivity index (χ2v) is 4.41. The van der Waals surface area contributed by atoms with E-state index < -0.39 is 0 Å². The summed E-state index contributed by atoms with van der Waals surface area (Å²) >= 11 is 0. The number of carbonyl (C=O) groups excluding carboxylic acids is 1. The quantitative estimate of drug-likeness (QED) is 0.696. The van der Waals surface area contributed by atoms with Gasteiger partial charge in [0.25, 0.3) is 0 Å². The van der Waals surface area contributed by atoms with E-state index in [0.717, 1.165) is 12.8 Å². The number of carbonyl (C=O) groups is 1. The van der Waals surface area contributed by atoms with Crippen LogP contribution in [-0.4, -0.2) is 36.2 Å². The van der Waals surface area contributed by atoms with E-state index in [9.17, 15) is 4.79 Å². The van der Waals surface area contributed by atoms with Crippen molar-refractivity contribution >= 4 is 5.78 Å². The lowest BCUT2D eigenvalue weighted by atomic mass is 10.2. The molecule has 0 spiro atoms. The molecule has 1 aromatic heterocycles. The van der Waals surface area contributed by atoms with Gasteiger partial charge in [-0.2, -0.15) is 4.98 Å². The van der Waals surface area contributed by atoms with Gasteiger partial charge in [-0.3, -0.25) is 4.79 Å². The van der Waals surface area contributed by atoms with Crippen LogP contribution in [0.25, 0.3) is 0 Å². The third-order valence-corrected chi connectivity index (χ3v) is 2.79. The van der Waals surface area contributed by atoms with Crippen molar-refractivity contribution < 1.29 is 18.8 Å². The van der Waals surface area contributed by atoms with Crippen LogP contribution in [0.15, 0.2) is 4.52 Å². The largest absolute Gasteiger partial charge is 0.377 e. The molecule has 0 radical (unpaired) electrons. The van der Waals surface area contributed by atoms with Crippen LogP contribution in [-0.2, 0) is 20.7 Å². The van der Waals surface area contributed by atoms with Gasteiger partial charge >= 0.3 is 0 Å². The molecule has 0 amide bonds. The first-order valence-electron chi connectivity index (χ1n) is 6.19. The molecule has 1 saturated carbocycles. The number of ketones is 1. The van der Waals surface area contributed by atoms with Gasteiger partial charge in [-0.25, -0.2) is 0 Å². The van der Waals surface area contributed by atoms with Crippen LogP contribution < -0.4 is 0 Å². The molecule has 18 heavy (non-hydrogen) atoms. The highest BCUT2D eigenvalue weighted by atomic mass is 16.5. The molecule has 1 unspecified atom stereocenters. The number of aromatic nitrogens is 2. The average Bonchev–Trinajstić information content (AvgIpc) is 3.07. The topological polar surface area (TPSA) is 74.5 Å². The third-order valence-electron chi connectivity index (χ3n) is 2.79. The standard InChI is InChI=1S/C12H18N2O4/c1-3-17-11(8-4-5-8)12-13-10(18-14-12)6-9(15)7-16-2/h8,11H,3-7H2,1-2H3. The maximum absolute atomic E-state index is 11.4. The van der Waals surface area contributed by atoms with E-state index in [1.807, 2.05) is 6.92 Å². The summed E-state index contributed by atoms with van der Waals surface area (Å²) in [5.41, 5.74) is 0. The van der Waals surface area contributed by atoms with Gasteiger partial charge in [0.15, 0.2) is 5.78 Å². The molecule has 1 aliphatic rings. The molecule has 2 rings (SSSR count). The molecular weight excluding hydrogens is 236 g/mol. The molecule has 1 heterocycles. The van der Waals surface area contributed by atoms with Crippen molar-refractivity contribution in [3.63, 3.8) is 0 Å². The first kappa shape index (κ1) is 13.2. The Labute approximate surface area is 106 Å². The molecule has 1 atom stereocenters. The fourth-order valence-electron chi connectivity index (χ4n) is 1.84. The van der Waals surface area contributed by atoms with Crippen molar-refractivity contribution in [3.05, 3.63) is 11.7 Å². The molecule has 0 saturated heterocycles. The Kier molecular flexibility index (Phi) is 4.43. The van der Waals surface area contributed by atoms with Crippen molar-refractivity contribution in [2.75, 3.05) is 20.3 Å². The Morgan fingerprint density at radius 1 is 1.56 bits per heavy atom. The number of nitrogens with zero attached hydrogens (tertiary/aromatic N) is 2. The van der Waals surface area contributed by atoms with Crippen molar-refractivity contribution in [2.45, 2.75) is 32.3 Å². The Bertz CT molecular complexity index is 401. The van der Waals surface area contributed by atoms with Crippen LogP contribution >= 0.6 is 0 Å². The SMILES string of the molecule is CCOC(c1noc(CC(=O)COC)n1)C1CC1. The summed E-state index contributed by atoms with van der Waals surface area (Å²) in [6.45, 7) is 2.63. The summed E-state index contributed by atoms with van der Waals surface area (Å²) in [4.78, 5) is 15.6. The number of hydrogen-bond acceptors (Lipinski definition) is 6. The van der Waals surface area contributed by atoms with Crippen molar-refractivity contribution in [1.29, 1.82) is 0 Å². The van der Waals surface area contributed by atoms with Crippen LogP contribution in [0, 0.1) is 5.92 Å². The molecule has 0 aliphatic heterocycles. The average molecular weight is 254 g/mol. The zero-order chi connectivity index (χ0) is 13.0. The lowest BCUT2D eigenvalue weighted by molar-refractivity contribution is -0.122. The van der Waals surface area contributed by atoms with Gasteiger partial charge in [0.1, 0.15) is 12.7 Å². The van der Waals surface area contributed by atoms with E-state index in [4.69, 9.17) is 14.0 Å². The number of ether oxygens (including phenoxy) is 2. The monoisotopic (exact) mass is 254 g/mol. The first-order valence-corrected chi connectivity index (χ1v) is 6.19. The van der Waals surface area contributed by atoms with E-state index in [-0.39, 0.29) is 24.9 Å². The predicted molar refractivity (Wildman–Crippen MR) is 62.0 cm³/mol. The van der Waals surface area contributed by atoms with E-state index in [0.29, 0.717) is 24.2 Å². The lowest BCUT2D eigenvalue weighted by Gasteiger charge is -2.10. The highest BCUT2D eigenvalue weighted by Crippen LogP contribution is 2.42.